The highest BCUT2D eigenvalue weighted by Crippen LogP contribution is 2.32. The van der Waals surface area contributed by atoms with Crippen molar-refractivity contribution in [3.63, 3.8) is 0 Å². The quantitative estimate of drug-likeness (QED) is 0.744. The van der Waals surface area contributed by atoms with E-state index in [2.05, 4.69) is 5.32 Å². The second kappa shape index (κ2) is 4.09. The zero-order valence-electron chi connectivity index (χ0n) is 7.60. The fourth-order valence-electron chi connectivity index (χ4n) is 1.11. The molecule has 0 radical (unpaired) electrons. The summed E-state index contributed by atoms with van der Waals surface area (Å²) in [5, 5.41) is 12.4. The third kappa shape index (κ3) is 1.89. The summed E-state index contributed by atoms with van der Waals surface area (Å²) in [6, 6.07) is 2.79. The standard InChI is InChI=1S/C9H12FNO2/c1-11-5-6-3-4-7(10)9(13-2)8(6)12/h3-4,11-12H,5H2,1-2H3. The molecule has 13 heavy (non-hydrogen) atoms. The molecule has 0 saturated heterocycles. The van der Waals surface area contributed by atoms with Crippen molar-refractivity contribution in [3.05, 3.63) is 23.5 Å². The van der Waals surface area contributed by atoms with Gasteiger partial charge >= 0.3 is 0 Å². The van der Waals surface area contributed by atoms with E-state index in [0.717, 1.165) is 0 Å². The molecule has 0 spiro atoms. The van der Waals surface area contributed by atoms with E-state index in [4.69, 9.17) is 4.74 Å². The van der Waals surface area contributed by atoms with Gasteiger partial charge < -0.3 is 15.2 Å². The van der Waals surface area contributed by atoms with Crippen LogP contribution in [0.1, 0.15) is 5.56 Å². The van der Waals surface area contributed by atoms with E-state index in [0.29, 0.717) is 12.1 Å². The first-order valence-corrected chi connectivity index (χ1v) is 3.89. The molecule has 0 aliphatic heterocycles. The van der Waals surface area contributed by atoms with Gasteiger partial charge in [0.15, 0.2) is 17.3 Å². The first kappa shape index (κ1) is 9.80. The van der Waals surface area contributed by atoms with Crippen LogP contribution in [0, 0.1) is 5.82 Å². The lowest BCUT2D eigenvalue weighted by Gasteiger charge is -2.08. The number of ether oxygens (including phenoxy) is 1. The Labute approximate surface area is 76.1 Å². The number of aromatic hydroxyl groups is 1. The number of phenols is 1. The van der Waals surface area contributed by atoms with E-state index in [1.165, 1.54) is 19.2 Å². The molecule has 1 aromatic carbocycles. The molecule has 0 unspecified atom stereocenters. The SMILES string of the molecule is CNCc1ccc(F)c(OC)c1O. The van der Waals surface area contributed by atoms with Crippen molar-refractivity contribution in [2.24, 2.45) is 0 Å². The number of halogens is 1. The first-order chi connectivity index (χ1) is 6.20. The Morgan fingerprint density at radius 1 is 1.54 bits per heavy atom. The fourth-order valence-corrected chi connectivity index (χ4v) is 1.11. The third-order valence-corrected chi connectivity index (χ3v) is 1.74. The summed E-state index contributed by atoms with van der Waals surface area (Å²) in [4.78, 5) is 0. The van der Waals surface area contributed by atoms with Gasteiger partial charge in [-0.15, -0.1) is 0 Å². The zero-order chi connectivity index (χ0) is 9.84. The highest BCUT2D eigenvalue weighted by molar-refractivity contribution is 5.46. The minimum absolute atomic E-state index is 0.104. The predicted molar refractivity (Wildman–Crippen MR) is 47.4 cm³/mol. The molecular formula is C9H12FNO2. The van der Waals surface area contributed by atoms with E-state index in [1.54, 1.807) is 7.05 Å². The van der Waals surface area contributed by atoms with Gasteiger partial charge in [0.2, 0.25) is 0 Å². The summed E-state index contributed by atoms with van der Waals surface area (Å²) in [5.74, 6) is -0.801. The highest BCUT2D eigenvalue weighted by atomic mass is 19.1. The van der Waals surface area contributed by atoms with E-state index >= 15 is 0 Å². The van der Waals surface area contributed by atoms with Crippen molar-refractivity contribution in [3.8, 4) is 11.5 Å². The minimum atomic E-state index is -0.556. The molecule has 0 heterocycles. The molecule has 0 saturated carbocycles. The van der Waals surface area contributed by atoms with Crippen LogP contribution in [-0.4, -0.2) is 19.3 Å². The lowest BCUT2D eigenvalue weighted by Crippen LogP contribution is -2.06. The molecule has 0 aromatic heterocycles. The third-order valence-electron chi connectivity index (χ3n) is 1.74. The number of methoxy groups -OCH3 is 1. The second-order valence-corrected chi connectivity index (χ2v) is 2.62. The molecule has 0 aliphatic rings. The number of hydrogen-bond donors (Lipinski definition) is 2. The van der Waals surface area contributed by atoms with Gasteiger partial charge in [0.25, 0.3) is 0 Å². The Kier molecular flexibility index (Phi) is 3.08. The Morgan fingerprint density at radius 3 is 2.77 bits per heavy atom. The van der Waals surface area contributed by atoms with Gasteiger partial charge in [-0.2, -0.15) is 0 Å². The Hall–Kier alpha value is -1.29. The number of rotatable bonds is 3. The number of hydrogen-bond acceptors (Lipinski definition) is 3. The minimum Gasteiger partial charge on any atom is -0.504 e. The van der Waals surface area contributed by atoms with Gasteiger partial charge in [0.05, 0.1) is 7.11 Å². The van der Waals surface area contributed by atoms with Crippen molar-refractivity contribution in [2.45, 2.75) is 6.54 Å². The highest BCUT2D eigenvalue weighted by Gasteiger charge is 2.11. The largest absolute Gasteiger partial charge is 0.504 e. The Morgan fingerprint density at radius 2 is 2.23 bits per heavy atom. The lowest BCUT2D eigenvalue weighted by molar-refractivity contribution is 0.348. The summed E-state index contributed by atoms with van der Waals surface area (Å²) in [7, 11) is 3.07. The molecule has 0 atom stereocenters. The smallest absolute Gasteiger partial charge is 0.196 e. The molecule has 0 aliphatic carbocycles. The van der Waals surface area contributed by atoms with Crippen LogP contribution < -0.4 is 10.1 Å². The van der Waals surface area contributed by atoms with Gasteiger partial charge in [0.1, 0.15) is 0 Å². The summed E-state index contributed by atoms with van der Waals surface area (Å²) < 4.78 is 17.7. The topological polar surface area (TPSA) is 41.5 Å². The molecule has 0 amide bonds. The molecular weight excluding hydrogens is 173 g/mol. The molecule has 4 heteroatoms. The van der Waals surface area contributed by atoms with Gasteiger partial charge in [-0.25, -0.2) is 4.39 Å². The Bertz CT molecular complexity index is 302. The molecule has 1 rings (SSSR count). The van der Waals surface area contributed by atoms with E-state index in [9.17, 15) is 9.50 Å². The van der Waals surface area contributed by atoms with Crippen LogP contribution in [-0.2, 0) is 6.54 Å². The molecule has 1 aromatic rings. The maximum absolute atomic E-state index is 13.0. The number of benzene rings is 1. The molecule has 72 valence electrons. The maximum Gasteiger partial charge on any atom is 0.196 e. The van der Waals surface area contributed by atoms with E-state index < -0.39 is 5.82 Å². The zero-order valence-corrected chi connectivity index (χ0v) is 7.60. The average molecular weight is 185 g/mol. The number of nitrogens with one attached hydrogen (secondary N) is 1. The van der Waals surface area contributed by atoms with Gasteiger partial charge in [-0.05, 0) is 13.1 Å². The predicted octanol–water partition coefficient (Wildman–Crippen LogP) is 1.26. The van der Waals surface area contributed by atoms with Crippen LogP contribution in [0.5, 0.6) is 11.5 Å². The van der Waals surface area contributed by atoms with Crippen molar-refractivity contribution in [1.82, 2.24) is 5.32 Å². The average Bonchev–Trinajstić information content (AvgIpc) is 2.11. The maximum atomic E-state index is 13.0. The van der Waals surface area contributed by atoms with Gasteiger partial charge in [0, 0.05) is 12.1 Å². The Balaban J connectivity index is 3.11. The summed E-state index contributed by atoms with van der Waals surface area (Å²) in [6.07, 6.45) is 0. The van der Waals surface area contributed by atoms with E-state index in [-0.39, 0.29) is 11.5 Å². The lowest BCUT2D eigenvalue weighted by atomic mass is 10.2. The van der Waals surface area contributed by atoms with Crippen molar-refractivity contribution < 1.29 is 14.2 Å². The molecule has 2 N–H and O–H groups in total. The first-order valence-electron chi connectivity index (χ1n) is 3.89. The summed E-state index contributed by atoms with van der Waals surface area (Å²) in [6.45, 7) is 0.475. The molecule has 0 bridgehead atoms. The summed E-state index contributed by atoms with van der Waals surface area (Å²) in [5.41, 5.74) is 0.612. The number of phenolic OH excluding ortho intramolecular Hbond substituents is 1. The van der Waals surface area contributed by atoms with Gasteiger partial charge in [-0.1, -0.05) is 6.07 Å². The van der Waals surface area contributed by atoms with Crippen LogP contribution >= 0.6 is 0 Å². The van der Waals surface area contributed by atoms with Crippen LogP contribution in [0.2, 0.25) is 0 Å². The van der Waals surface area contributed by atoms with Crippen LogP contribution in [0.25, 0.3) is 0 Å². The second-order valence-electron chi connectivity index (χ2n) is 2.62. The molecule has 3 nitrogen and oxygen atoms in total. The summed E-state index contributed by atoms with van der Waals surface area (Å²) >= 11 is 0. The van der Waals surface area contributed by atoms with Crippen LogP contribution in [0.4, 0.5) is 4.39 Å². The van der Waals surface area contributed by atoms with Crippen molar-refractivity contribution in [1.29, 1.82) is 0 Å². The normalized spacial score (nSPS) is 10.1. The van der Waals surface area contributed by atoms with E-state index in [1.807, 2.05) is 0 Å². The van der Waals surface area contributed by atoms with Crippen LogP contribution in [0.3, 0.4) is 0 Å². The van der Waals surface area contributed by atoms with Crippen LogP contribution in [0.15, 0.2) is 12.1 Å². The van der Waals surface area contributed by atoms with Gasteiger partial charge in [-0.3, -0.25) is 0 Å². The monoisotopic (exact) mass is 185 g/mol. The fraction of sp³-hybridized carbons (Fsp3) is 0.333. The molecule has 0 fully saturated rings. The van der Waals surface area contributed by atoms with Crippen molar-refractivity contribution >= 4 is 0 Å². The van der Waals surface area contributed by atoms with Crippen molar-refractivity contribution in [2.75, 3.05) is 14.2 Å².